The molecule has 0 aliphatic carbocycles. The van der Waals surface area contributed by atoms with E-state index in [0.717, 1.165) is 34.0 Å². The Bertz CT molecular complexity index is 3480. The van der Waals surface area contributed by atoms with E-state index in [1.54, 1.807) is 0 Å². The second-order valence-electron chi connectivity index (χ2n) is 15.7. The fraction of sp³-hybridized carbons (Fsp3) is 0. The molecule has 0 saturated heterocycles. The van der Waals surface area contributed by atoms with E-state index in [1.165, 1.54) is 71.1 Å². The first-order valence-corrected chi connectivity index (χ1v) is 20.9. The lowest BCUT2D eigenvalue weighted by Crippen LogP contribution is -2.11. The van der Waals surface area contributed by atoms with Crippen molar-refractivity contribution in [3.63, 3.8) is 0 Å². The van der Waals surface area contributed by atoms with E-state index in [4.69, 9.17) is 0 Å². The van der Waals surface area contributed by atoms with Crippen molar-refractivity contribution in [3.05, 3.63) is 237 Å². The zero-order valence-electron chi connectivity index (χ0n) is 33.4. The van der Waals surface area contributed by atoms with Crippen molar-refractivity contribution in [2.75, 3.05) is 4.90 Å². The summed E-state index contributed by atoms with van der Waals surface area (Å²) in [5.74, 6) is 0. The molecule has 3 nitrogen and oxygen atoms in total. The minimum Gasteiger partial charge on any atom is -0.310 e. The van der Waals surface area contributed by atoms with Crippen molar-refractivity contribution in [3.8, 4) is 33.6 Å². The van der Waals surface area contributed by atoms with E-state index in [1.807, 2.05) is 0 Å². The standard InChI is InChI=1S/C58H39N3/c1-2-19-47-41(15-1)16-14-25-48(47)49-20-3-8-26-54(49)59(44-35-37-45(38-36-44)60-55-27-9-4-21-50(55)51-22-5-10-28-56(51)60)43-33-31-40(32-34-43)42-17-13-18-46(39-42)61-57-29-11-6-23-52(57)53-24-7-12-30-58(53)61/h1-39H. The van der Waals surface area contributed by atoms with Gasteiger partial charge in [-0.25, -0.2) is 0 Å². The van der Waals surface area contributed by atoms with Gasteiger partial charge in [0.1, 0.15) is 0 Å². The first kappa shape index (κ1) is 34.9. The van der Waals surface area contributed by atoms with Gasteiger partial charge in [-0.3, -0.25) is 0 Å². The Morgan fingerprint density at radius 1 is 0.279 bits per heavy atom. The van der Waals surface area contributed by atoms with Crippen molar-refractivity contribution < 1.29 is 0 Å². The van der Waals surface area contributed by atoms with Crippen LogP contribution in [0.2, 0.25) is 0 Å². The third kappa shape index (κ3) is 5.74. The highest BCUT2D eigenvalue weighted by atomic mass is 15.1. The smallest absolute Gasteiger partial charge is 0.0541 e. The summed E-state index contributed by atoms with van der Waals surface area (Å²) in [7, 11) is 0. The van der Waals surface area contributed by atoms with Crippen LogP contribution in [-0.2, 0) is 0 Å². The SMILES string of the molecule is c1cc(-c2ccc(N(c3ccc(-n4c5ccccc5c5ccccc54)cc3)c3ccccc3-c3cccc4ccccc34)cc2)cc(-n2c3ccccc3c3ccccc32)c1. The second kappa shape index (κ2) is 14.3. The van der Waals surface area contributed by atoms with Gasteiger partial charge >= 0.3 is 0 Å². The molecule has 10 aromatic carbocycles. The first-order chi connectivity index (χ1) is 30.3. The first-order valence-electron chi connectivity index (χ1n) is 20.9. The fourth-order valence-electron chi connectivity index (χ4n) is 9.56. The molecule has 286 valence electrons. The Labute approximate surface area is 354 Å². The summed E-state index contributed by atoms with van der Waals surface area (Å²) in [5.41, 5.74) is 15.1. The van der Waals surface area contributed by atoms with Crippen molar-refractivity contribution in [1.82, 2.24) is 9.13 Å². The molecule has 0 fully saturated rings. The Morgan fingerprint density at radius 2 is 0.721 bits per heavy atom. The van der Waals surface area contributed by atoms with Gasteiger partial charge in [0.2, 0.25) is 0 Å². The van der Waals surface area contributed by atoms with Crippen molar-refractivity contribution in [2.45, 2.75) is 0 Å². The lowest BCUT2D eigenvalue weighted by atomic mass is 9.96. The molecule has 2 aromatic heterocycles. The van der Waals surface area contributed by atoms with Gasteiger partial charge in [-0.1, -0.05) is 158 Å². The molecular formula is C58H39N3. The topological polar surface area (TPSA) is 13.1 Å². The van der Waals surface area contributed by atoms with Gasteiger partial charge < -0.3 is 14.0 Å². The van der Waals surface area contributed by atoms with Crippen LogP contribution in [0.1, 0.15) is 0 Å². The number of hydrogen-bond donors (Lipinski definition) is 0. The van der Waals surface area contributed by atoms with Gasteiger partial charge in [0, 0.05) is 49.9 Å². The maximum atomic E-state index is 2.41. The Morgan fingerprint density at radius 3 is 1.33 bits per heavy atom. The van der Waals surface area contributed by atoms with Gasteiger partial charge in [-0.2, -0.15) is 0 Å². The largest absolute Gasteiger partial charge is 0.310 e. The predicted molar refractivity (Wildman–Crippen MR) is 258 cm³/mol. The van der Waals surface area contributed by atoms with Crippen molar-refractivity contribution in [1.29, 1.82) is 0 Å². The van der Waals surface area contributed by atoms with E-state index in [-0.39, 0.29) is 0 Å². The maximum absolute atomic E-state index is 2.41. The molecule has 12 aromatic rings. The van der Waals surface area contributed by atoms with Gasteiger partial charge in [0.05, 0.1) is 27.8 Å². The van der Waals surface area contributed by atoms with Gasteiger partial charge in [-0.15, -0.1) is 0 Å². The molecule has 61 heavy (non-hydrogen) atoms. The molecule has 0 amide bonds. The van der Waals surface area contributed by atoms with Crippen LogP contribution in [0.15, 0.2) is 237 Å². The molecule has 3 heteroatoms. The maximum Gasteiger partial charge on any atom is 0.0541 e. The molecule has 0 bridgehead atoms. The van der Waals surface area contributed by atoms with Crippen LogP contribution in [0.25, 0.3) is 88.0 Å². The molecule has 0 atom stereocenters. The van der Waals surface area contributed by atoms with E-state index < -0.39 is 0 Å². The normalized spacial score (nSPS) is 11.6. The molecule has 2 heterocycles. The molecule has 0 spiro atoms. The van der Waals surface area contributed by atoms with Crippen molar-refractivity contribution in [2.24, 2.45) is 0 Å². The van der Waals surface area contributed by atoms with Crippen LogP contribution in [0, 0.1) is 0 Å². The average molecular weight is 778 g/mol. The molecule has 0 aliphatic heterocycles. The van der Waals surface area contributed by atoms with E-state index in [9.17, 15) is 0 Å². The molecule has 0 radical (unpaired) electrons. The highest BCUT2D eigenvalue weighted by molar-refractivity contribution is 6.10. The quantitative estimate of drug-likeness (QED) is 0.157. The third-order valence-electron chi connectivity index (χ3n) is 12.3. The molecule has 0 N–H and O–H groups in total. The number of fused-ring (bicyclic) bond motifs is 7. The van der Waals surface area contributed by atoms with E-state index in [2.05, 4.69) is 251 Å². The van der Waals surface area contributed by atoms with E-state index in [0.29, 0.717) is 0 Å². The number of anilines is 3. The summed E-state index contributed by atoms with van der Waals surface area (Å²) in [6.07, 6.45) is 0. The molecule has 0 unspecified atom stereocenters. The van der Waals surface area contributed by atoms with Crippen LogP contribution in [-0.4, -0.2) is 9.13 Å². The molecule has 0 saturated carbocycles. The van der Waals surface area contributed by atoms with Crippen LogP contribution >= 0.6 is 0 Å². The van der Waals surface area contributed by atoms with Crippen LogP contribution < -0.4 is 4.90 Å². The fourth-order valence-corrected chi connectivity index (χ4v) is 9.56. The van der Waals surface area contributed by atoms with Crippen LogP contribution in [0.3, 0.4) is 0 Å². The number of nitrogens with zero attached hydrogens (tertiary/aromatic N) is 3. The number of hydrogen-bond acceptors (Lipinski definition) is 1. The Kier molecular flexibility index (Phi) is 8.17. The van der Waals surface area contributed by atoms with Crippen molar-refractivity contribution >= 4 is 71.4 Å². The lowest BCUT2D eigenvalue weighted by Gasteiger charge is -2.28. The number of aromatic nitrogens is 2. The number of para-hydroxylation sites is 5. The monoisotopic (exact) mass is 777 g/mol. The molecular weight excluding hydrogens is 739 g/mol. The summed E-state index contributed by atoms with van der Waals surface area (Å²) >= 11 is 0. The third-order valence-corrected chi connectivity index (χ3v) is 12.3. The summed E-state index contributed by atoms with van der Waals surface area (Å²) in [6.45, 7) is 0. The average Bonchev–Trinajstić information content (AvgIpc) is 3.85. The zero-order valence-corrected chi connectivity index (χ0v) is 33.4. The van der Waals surface area contributed by atoms with Crippen LogP contribution in [0.4, 0.5) is 17.1 Å². The van der Waals surface area contributed by atoms with E-state index >= 15 is 0 Å². The summed E-state index contributed by atoms with van der Waals surface area (Å²) < 4.78 is 4.77. The zero-order chi connectivity index (χ0) is 40.3. The second-order valence-corrected chi connectivity index (χ2v) is 15.7. The Hall–Kier alpha value is -8.14. The Balaban J connectivity index is 0.990. The summed E-state index contributed by atoms with van der Waals surface area (Å²) in [4.78, 5) is 2.41. The minimum absolute atomic E-state index is 1.08. The highest BCUT2D eigenvalue weighted by Crippen LogP contribution is 2.44. The summed E-state index contributed by atoms with van der Waals surface area (Å²) in [5, 5.41) is 7.50. The predicted octanol–water partition coefficient (Wildman–Crippen LogP) is 15.8. The number of benzene rings is 10. The number of rotatable bonds is 7. The lowest BCUT2D eigenvalue weighted by molar-refractivity contribution is 1.17. The van der Waals surface area contributed by atoms with Gasteiger partial charge in [0.25, 0.3) is 0 Å². The molecule has 0 aliphatic rings. The highest BCUT2D eigenvalue weighted by Gasteiger charge is 2.20. The molecule has 12 rings (SSSR count). The van der Waals surface area contributed by atoms with Gasteiger partial charge in [-0.05, 0) is 106 Å². The van der Waals surface area contributed by atoms with Gasteiger partial charge in [0.15, 0.2) is 0 Å². The minimum atomic E-state index is 1.08. The summed E-state index contributed by atoms with van der Waals surface area (Å²) in [6, 6.07) is 85.9. The van der Waals surface area contributed by atoms with Crippen LogP contribution in [0.5, 0.6) is 0 Å².